The predicted molar refractivity (Wildman–Crippen MR) is 140 cm³/mol. The maximum absolute atomic E-state index is 12.5. The summed E-state index contributed by atoms with van der Waals surface area (Å²) >= 11 is 0. The van der Waals surface area contributed by atoms with Crippen molar-refractivity contribution in [3.63, 3.8) is 0 Å². The van der Waals surface area contributed by atoms with E-state index in [-0.39, 0.29) is 36.3 Å². The van der Waals surface area contributed by atoms with Crippen LogP contribution in [0.25, 0.3) is 0 Å². The smallest absolute Gasteiger partial charge is 0.171 e. The molecule has 0 heterocycles. The molecule has 2 aliphatic carbocycles. The summed E-state index contributed by atoms with van der Waals surface area (Å²) in [4.78, 5) is 50.2. The highest BCUT2D eigenvalue weighted by Gasteiger charge is 2.36. The van der Waals surface area contributed by atoms with Gasteiger partial charge in [0, 0.05) is 16.5 Å². The van der Waals surface area contributed by atoms with Crippen LogP contribution >= 0.6 is 0 Å². The summed E-state index contributed by atoms with van der Waals surface area (Å²) < 4.78 is 11.6. The van der Waals surface area contributed by atoms with Gasteiger partial charge in [0.2, 0.25) is 0 Å². The minimum atomic E-state index is -0.958. The summed E-state index contributed by atoms with van der Waals surface area (Å²) in [6.45, 7) is 11.8. The lowest BCUT2D eigenvalue weighted by molar-refractivity contribution is -0.124. The van der Waals surface area contributed by atoms with Gasteiger partial charge in [-0.25, -0.2) is 0 Å². The van der Waals surface area contributed by atoms with Crippen molar-refractivity contribution in [1.29, 1.82) is 0 Å². The molecule has 0 radical (unpaired) electrons. The molecule has 0 atom stereocenters. The zero-order valence-electron chi connectivity index (χ0n) is 20.9. The van der Waals surface area contributed by atoms with E-state index in [4.69, 9.17) is 9.47 Å². The topological polar surface area (TPSA) is 86.7 Å². The molecule has 0 saturated carbocycles. The summed E-state index contributed by atoms with van der Waals surface area (Å²) in [7, 11) is 0. The SMILES string of the molecule is C=CCOc1ccc(C(C)(C)c2ccc(OCC=C)c(C3C(=O)C=CC3=O)c2)cc1C1C(=O)C=CC1=O. The number of ether oxygens (including phenoxy) is 2. The van der Waals surface area contributed by atoms with Gasteiger partial charge in [0.25, 0.3) is 0 Å². The van der Waals surface area contributed by atoms with Gasteiger partial charge in [0.15, 0.2) is 23.1 Å². The summed E-state index contributed by atoms with van der Waals surface area (Å²) in [6.07, 6.45) is 8.35. The normalized spacial score (nSPS) is 16.1. The summed E-state index contributed by atoms with van der Waals surface area (Å²) in [5.41, 5.74) is 2.00. The number of ketones is 4. The molecule has 6 nitrogen and oxygen atoms in total. The molecule has 188 valence electrons. The molecule has 6 heteroatoms. The third-order valence-corrected chi connectivity index (χ3v) is 6.76. The first-order valence-electron chi connectivity index (χ1n) is 12.0. The molecule has 0 unspecified atom stereocenters. The quantitative estimate of drug-likeness (QED) is 0.349. The Bertz CT molecular complexity index is 1230. The van der Waals surface area contributed by atoms with E-state index in [0.29, 0.717) is 22.6 Å². The minimum Gasteiger partial charge on any atom is -0.489 e. The Kier molecular flexibility index (Phi) is 7.21. The minimum absolute atomic E-state index is 0.227. The Morgan fingerprint density at radius 1 is 0.676 bits per heavy atom. The molecule has 37 heavy (non-hydrogen) atoms. The van der Waals surface area contributed by atoms with Gasteiger partial charge in [-0.3, -0.25) is 19.2 Å². The first-order chi connectivity index (χ1) is 17.7. The number of rotatable bonds is 10. The molecule has 4 rings (SSSR count). The lowest BCUT2D eigenvalue weighted by Gasteiger charge is -2.29. The van der Waals surface area contributed by atoms with E-state index in [1.54, 1.807) is 24.3 Å². The van der Waals surface area contributed by atoms with Crippen LogP contribution in [-0.2, 0) is 24.6 Å². The zero-order valence-corrected chi connectivity index (χ0v) is 20.9. The van der Waals surface area contributed by atoms with Crippen LogP contribution in [0, 0.1) is 0 Å². The number of hydrogen-bond acceptors (Lipinski definition) is 6. The molecule has 0 aromatic heterocycles. The van der Waals surface area contributed by atoms with Gasteiger partial charge in [-0.05, 0) is 47.6 Å². The molecule has 0 N–H and O–H groups in total. The predicted octanol–water partition coefficient (Wildman–Crippen LogP) is 4.73. The molecule has 0 spiro atoms. The van der Waals surface area contributed by atoms with Gasteiger partial charge in [0.05, 0.1) is 0 Å². The molecule has 0 amide bonds. The van der Waals surface area contributed by atoms with Crippen LogP contribution in [-0.4, -0.2) is 36.3 Å². The number of carbonyl (C=O) groups excluding carboxylic acids is 4. The van der Waals surface area contributed by atoms with Gasteiger partial charge in [0.1, 0.15) is 36.5 Å². The zero-order chi connectivity index (χ0) is 26.7. The highest BCUT2D eigenvalue weighted by molar-refractivity contribution is 6.23. The molecular weight excluding hydrogens is 468 g/mol. The van der Waals surface area contributed by atoms with Crippen LogP contribution in [0.2, 0.25) is 0 Å². The monoisotopic (exact) mass is 496 g/mol. The largest absolute Gasteiger partial charge is 0.489 e. The van der Waals surface area contributed by atoms with E-state index >= 15 is 0 Å². The van der Waals surface area contributed by atoms with Crippen molar-refractivity contribution in [3.8, 4) is 11.5 Å². The number of carbonyl (C=O) groups is 4. The lowest BCUT2D eigenvalue weighted by atomic mass is 9.75. The molecular formula is C31H28O6. The molecule has 0 bridgehead atoms. The summed E-state index contributed by atoms with van der Waals surface area (Å²) in [5.74, 6) is -2.20. The maximum atomic E-state index is 12.5. The molecule has 0 saturated heterocycles. The molecule has 0 fully saturated rings. The van der Waals surface area contributed by atoms with Gasteiger partial charge < -0.3 is 9.47 Å². The highest BCUT2D eigenvalue weighted by Crippen LogP contribution is 2.41. The fourth-order valence-corrected chi connectivity index (χ4v) is 4.66. The van der Waals surface area contributed by atoms with Gasteiger partial charge in [-0.2, -0.15) is 0 Å². The molecule has 2 aliphatic rings. The average molecular weight is 497 g/mol. The van der Waals surface area contributed by atoms with E-state index in [1.807, 2.05) is 38.1 Å². The first-order valence-corrected chi connectivity index (χ1v) is 12.0. The Hall–Kier alpha value is -4.32. The molecule has 0 aliphatic heterocycles. The number of hydrogen-bond donors (Lipinski definition) is 0. The van der Waals surface area contributed by atoms with Crippen LogP contribution in [0.5, 0.6) is 11.5 Å². The Balaban J connectivity index is 1.80. The third kappa shape index (κ3) is 4.87. The van der Waals surface area contributed by atoms with Crippen LogP contribution in [0.4, 0.5) is 0 Å². The van der Waals surface area contributed by atoms with Crippen LogP contribution in [0.3, 0.4) is 0 Å². The van der Waals surface area contributed by atoms with E-state index in [0.717, 1.165) is 11.1 Å². The second-order valence-corrected chi connectivity index (χ2v) is 9.47. The lowest BCUT2D eigenvalue weighted by Crippen LogP contribution is -2.22. The van der Waals surface area contributed by atoms with Crippen molar-refractivity contribution >= 4 is 23.1 Å². The van der Waals surface area contributed by atoms with Crippen LogP contribution < -0.4 is 9.47 Å². The van der Waals surface area contributed by atoms with Crippen molar-refractivity contribution in [2.24, 2.45) is 0 Å². The maximum Gasteiger partial charge on any atom is 0.171 e. The van der Waals surface area contributed by atoms with E-state index in [9.17, 15) is 19.2 Å². The second-order valence-electron chi connectivity index (χ2n) is 9.47. The van der Waals surface area contributed by atoms with Gasteiger partial charge >= 0.3 is 0 Å². The van der Waals surface area contributed by atoms with Crippen molar-refractivity contribution in [2.75, 3.05) is 13.2 Å². The summed E-state index contributed by atoms with van der Waals surface area (Å²) in [6, 6.07) is 10.9. The van der Waals surface area contributed by atoms with Crippen molar-refractivity contribution in [1.82, 2.24) is 0 Å². The Morgan fingerprint density at radius 2 is 1.03 bits per heavy atom. The van der Waals surface area contributed by atoms with Crippen LogP contribution in [0.1, 0.15) is 47.9 Å². The van der Waals surface area contributed by atoms with E-state index in [2.05, 4.69) is 13.2 Å². The number of benzene rings is 2. The van der Waals surface area contributed by atoms with Crippen molar-refractivity contribution in [2.45, 2.75) is 31.1 Å². The summed E-state index contributed by atoms with van der Waals surface area (Å²) in [5, 5.41) is 0. The van der Waals surface area contributed by atoms with E-state index in [1.165, 1.54) is 24.3 Å². The average Bonchev–Trinajstić information content (AvgIpc) is 3.40. The number of allylic oxidation sites excluding steroid dienone is 4. The van der Waals surface area contributed by atoms with Crippen molar-refractivity contribution < 1.29 is 28.7 Å². The molecule has 2 aromatic rings. The van der Waals surface area contributed by atoms with Gasteiger partial charge in [-0.15, -0.1) is 0 Å². The Labute approximate surface area is 216 Å². The highest BCUT2D eigenvalue weighted by atomic mass is 16.5. The van der Waals surface area contributed by atoms with Gasteiger partial charge in [-0.1, -0.05) is 63.4 Å². The molecule has 2 aromatic carbocycles. The van der Waals surface area contributed by atoms with E-state index < -0.39 is 17.3 Å². The standard InChI is InChI=1S/C31H28O6/c1-5-15-36-27-13-7-19(17-21(27)29-23(32)9-10-24(29)33)31(3,4)20-8-14-28(37-16-6-2)22(18-20)30-25(34)11-12-26(30)35/h5-14,17-18,29-30H,1-2,15-16H2,3-4H3. The Morgan fingerprint density at radius 3 is 1.35 bits per heavy atom. The second kappa shape index (κ2) is 10.3. The third-order valence-electron chi connectivity index (χ3n) is 6.76. The van der Waals surface area contributed by atoms with Crippen molar-refractivity contribution in [3.05, 3.63) is 108 Å². The first kappa shape index (κ1) is 25.8. The fraction of sp³-hybridized carbons (Fsp3) is 0.226. The fourth-order valence-electron chi connectivity index (χ4n) is 4.66. The van der Waals surface area contributed by atoms with Crippen LogP contribution in [0.15, 0.2) is 86.0 Å².